The fourth-order valence-electron chi connectivity index (χ4n) is 2.45. The number of nitrogens with zero attached hydrogens (tertiary/aromatic N) is 1. The quantitative estimate of drug-likeness (QED) is 0.895. The first kappa shape index (κ1) is 13.9. The van der Waals surface area contributed by atoms with E-state index in [1.54, 1.807) is 4.90 Å². The van der Waals surface area contributed by atoms with Crippen molar-refractivity contribution in [3.63, 3.8) is 0 Å². The van der Waals surface area contributed by atoms with Crippen molar-refractivity contribution in [3.8, 4) is 5.75 Å². The smallest absolute Gasteiger partial charge is 0.229 e. The number of carbonyl (C=O) groups excluding carboxylic acids is 1. The van der Waals surface area contributed by atoms with E-state index in [1.807, 2.05) is 38.1 Å². The van der Waals surface area contributed by atoms with Crippen LogP contribution in [0.3, 0.4) is 0 Å². The fraction of sp³-hybridized carbons (Fsp3) is 0.533. The second-order valence-electron chi connectivity index (χ2n) is 5.17. The van der Waals surface area contributed by atoms with Crippen LogP contribution >= 0.6 is 0 Å². The minimum atomic E-state index is -0.149. The highest BCUT2D eigenvalue weighted by Crippen LogP contribution is 2.27. The number of hydrogen-bond donors (Lipinski definition) is 1. The first-order valence-electron chi connectivity index (χ1n) is 6.75. The van der Waals surface area contributed by atoms with Gasteiger partial charge in [-0.3, -0.25) is 4.79 Å². The van der Waals surface area contributed by atoms with Crippen LogP contribution in [0.4, 0.5) is 0 Å². The minimum absolute atomic E-state index is 0.00587. The van der Waals surface area contributed by atoms with Crippen molar-refractivity contribution in [2.24, 2.45) is 5.92 Å². The fourth-order valence-corrected chi connectivity index (χ4v) is 2.45. The molecule has 0 bridgehead atoms. The zero-order chi connectivity index (χ0) is 13.8. The minimum Gasteiger partial charge on any atom is -0.492 e. The molecule has 0 fully saturated rings. The Morgan fingerprint density at radius 1 is 1.47 bits per heavy atom. The van der Waals surface area contributed by atoms with Crippen LogP contribution in [0.5, 0.6) is 5.75 Å². The Morgan fingerprint density at radius 2 is 2.21 bits per heavy atom. The molecule has 1 aromatic rings. The molecule has 1 aliphatic rings. The van der Waals surface area contributed by atoms with Crippen molar-refractivity contribution >= 4 is 5.91 Å². The van der Waals surface area contributed by atoms with E-state index in [-0.39, 0.29) is 24.5 Å². The van der Waals surface area contributed by atoms with Gasteiger partial charge < -0.3 is 14.7 Å². The molecule has 1 atom stereocenters. The number of carbonyl (C=O) groups is 1. The van der Waals surface area contributed by atoms with E-state index in [0.717, 1.165) is 11.3 Å². The molecule has 1 aromatic carbocycles. The van der Waals surface area contributed by atoms with Crippen molar-refractivity contribution in [1.29, 1.82) is 0 Å². The third-order valence-electron chi connectivity index (χ3n) is 3.48. The summed E-state index contributed by atoms with van der Waals surface area (Å²) in [5.41, 5.74) is 1.08. The molecule has 0 saturated heterocycles. The largest absolute Gasteiger partial charge is 0.492 e. The first-order chi connectivity index (χ1) is 9.13. The van der Waals surface area contributed by atoms with Crippen molar-refractivity contribution in [2.75, 3.05) is 19.8 Å². The molecule has 104 valence electrons. The molecule has 0 radical (unpaired) electrons. The van der Waals surface area contributed by atoms with E-state index in [0.29, 0.717) is 19.6 Å². The van der Waals surface area contributed by atoms with Crippen LogP contribution in [-0.2, 0) is 11.2 Å². The Bertz CT molecular complexity index is 445. The van der Waals surface area contributed by atoms with Gasteiger partial charge in [-0.25, -0.2) is 0 Å². The molecular weight excluding hydrogens is 242 g/mol. The highest BCUT2D eigenvalue weighted by Gasteiger charge is 2.30. The molecule has 1 heterocycles. The van der Waals surface area contributed by atoms with Gasteiger partial charge in [-0.15, -0.1) is 0 Å². The zero-order valence-electron chi connectivity index (χ0n) is 11.5. The summed E-state index contributed by atoms with van der Waals surface area (Å²) in [6.45, 7) is 4.73. The molecule has 0 saturated carbocycles. The number of ether oxygens (including phenoxy) is 1. The molecule has 0 aromatic heterocycles. The van der Waals surface area contributed by atoms with Gasteiger partial charge in [0.25, 0.3) is 0 Å². The molecule has 4 heteroatoms. The SMILES string of the molecule is CC(C)N(CCO)C(=O)C1COc2ccccc2C1. The summed E-state index contributed by atoms with van der Waals surface area (Å²) in [6, 6.07) is 7.93. The summed E-state index contributed by atoms with van der Waals surface area (Å²) in [5, 5.41) is 9.07. The van der Waals surface area contributed by atoms with Crippen LogP contribution in [0.15, 0.2) is 24.3 Å². The second-order valence-corrected chi connectivity index (χ2v) is 5.17. The maximum absolute atomic E-state index is 12.5. The Morgan fingerprint density at radius 3 is 2.89 bits per heavy atom. The first-order valence-corrected chi connectivity index (χ1v) is 6.75. The topological polar surface area (TPSA) is 49.8 Å². The number of rotatable bonds is 4. The Balaban J connectivity index is 2.09. The summed E-state index contributed by atoms with van der Waals surface area (Å²) >= 11 is 0. The maximum Gasteiger partial charge on any atom is 0.229 e. The zero-order valence-corrected chi connectivity index (χ0v) is 11.5. The van der Waals surface area contributed by atoms with E-state index >= 15 is 0 Å². The van der Waals surface area contributed by atoms with Crippen molar-refractivity contribution in [2.45, 2.75) is 26.3 Å². The Labute approximate surface area is 114 Å². The Kier molecular flexibility index (Phi) is 4.43. The lowest BCUT2D eigenvalue weighted by atomic mass is 9.95. The summed E-state index contributed by atoms with van der Waals surface area (Å²) in [5.74, 6) is 0.798. The highest BCUT2D eigenvalue weighted by molar-refractivity contribution is 5.80. The molecular formula is C15H21NO3. The van der Waals surface area contributed by atoms with Crippen LogP contribution in [0, 0.1) is 5.92 Å². The lowest BCUT2D eigenvalue weighted by Gasteiger charge is -2.32. The third-order valence-corrected chi connectivity index (χ3v) is 3.48. The summed E-state index contributed by atoms with van der Waals surface area (Å²) < 4.78 is 5.66. The third kappa shape index (κ3) is 3.07. The van der Waals surface area contributed by atoms with E-state index in [2.05, 4.69) is 0 Å². The number of aliphatic hydroxyl groups is 1. The molecule has 0 aliphatic carbocycles. The van der Waals surface area contributed by atoms with Gasteiger partial charge in [0.2, 0.25) is 5.91 Å². The van der Waals surface area contributed by atoms with E-state index < -0.39 is 0 Å². The number of fused-ring (bicyclic) bond motifs is 1. The molecule has 4 nitrogen and oxygen atoms in total. The monoisotopic (exact) mass is 263 g/mol. The van der Waals surface area contributed by atoms with Crippen LogP contribution in [0.2, 0.25) is 0 Å². The van der Waals surface area contributed by atoms with Gasteiger partial charge in [0, 0.05) is 12.6 Å². The van der Waals surface area contributed by atoms with Gasteiger partial charge in [-0.05, 0) is 31.9 Å². The normalized spacial score (nSPS) is 17.8. The molecule has 1 aliphatic heterocycles. The van der Waals surface area contributed by atoms with Gasteiger partial charge in [0.1, 0.15) is 12.4 Å². The standard InChI is InChI=1S/C15H21NO3/c1-11(2)16(7-8-17)15(18)13-9-12-5-3-4-6-14(12)19-10-13/h3-6,11,13,17H,7-10H2,1-2H3. The summed E-state index contributed by atoms with van der Waals surface area (Å²) in [6.07, 6.45) is 0.712. The van der Waals surface area contributed by atoms with Gasteiger partial charge in [0.15, 0.2) is 0 Å². The van der Waals surface area contributed by atoms with E-state index in [4.69, 9.17) is 9.84 Å². The highest BCUT2D eigenvalue weighted by atomic mass is 16.5. The van der Waals surface area contributed by atoms with Gasteiger partial charge in [0.05, 0.1) is 12.5 Å². The number of benzene rings is 1. The summed E-state index contributed by atoms with van der Waals surface area (Å²) in [4.78, 5) is 14.2. The molecule has 0 spiro atoms. The number of hydrogen-bond acceptors (Lipinski definition) is 3. The maximum atomic E-state index is 12.5. The van der Waals surface area contributed by atoms with E-state index in [9.17, 15) is 4.79 Å². The van der Waals surface area contributed by atoms with Crippen LogP contribution in [0.25, 0.3) is 0 Å². The Hall–Kier alpha value is -1.55. The predicted octanol–water partition coefficient (Wildman–Crippen LogP) is 1.47. The molecule has 2 rings (SSSR count). The van der Waals surface area contributed by atoms with Gasteiger partial charge in [-0.2, -0.15) is 0 Å². The molecule has 19 heavy (non-hydrogen) atoms. The van der Waals surface area contributed by atoms with Crippen LogP contribution < -0.4 is 4.74 Å². The summed E-state index contributed by atoms with van der Waals surface area (Å²) in [7, 11) is 0. The van der Waals surface area contributed by atoms with Gasteiger partial charge >= 0.3 is 0 Å². The van der Waals surface area contributed by atoms with Crippen molar-refractivity contribution < 1.29 is 14.6 Å². The number of para-hydroxylation sites is 1. The molecule has 1 amide bonds. The average molecular weight is 263 g/mol. The van der Waals surface area contributed by atoms with Crippen LogP contribution in [0.1, 0.15) is 19.4 Å². The number of amides is 1. The second kappa shape index (κ2) is 6.06. The number of aliphatic hydroxyl groups excluding tert-OH is 1. The lowest BCUT2D eigenvalue weighted by molar-refractivity contribution is -0.139. The van der Waals surface area contributed by atoms with Gasteiger partial charge in [-0.1, -0.05) is 18.2 Å². The predicted molar refractivity (Wildman–Crippen MR) is 73.1 cm³/mol. The van der Waals surface area contributed by atoms with E-state index in [1.165, 1.54) is 0 Å². The molecule has 1 unspecified atom stereocenters. The van der Waals surface area contributed by atoms with Crippen molar-refractivity contribution in [1.82, 2.24) is 4.90 Å². The molecule has 1 N–H and O–H groups in total. The van der Waals surface area contributed by atoms with Crippen LogP contribution in [-0.4, -0.2) is 41.7 Å². The lowest BCUT2D eigenvalue weighted by Crippen LogP contribution is -2.45. The van der Waals surface area contributed by atoms with Crippen molar-refractivity contribution in [3.05, 3.63) is 29.8 Å². The average Bonchev–Trinajstić information content (AvgIpc) is 2.43.